The van der Waals surface area contributed by atoms with Gasteiger partial charge < -0.3 is 4.74 Å². The fourth-order valence-corrected chi connectivity index (χ4v) is 2.05. The van der Waals surface area contributed by atoms with E-state index < -0.39 is 0 Å². The second-order valence-electron chi connectivity index (χ2n) is 3.55. The van der Waals surface area contributed by atoms with Gasteiger partial charge in [0.1, 0.15) is 5.75 Å². The number of hydrogen-bond donors (Lipinski definition) is 0. The van der Waals surface area contributed by atoms with Gasteiger partial charge in [0.05, 0.1) is 17.9 Å². The lowest BCUT2D eigenvalue weighted by Crippen LogP contribution is -2.07. The first-order chi connectivity index (χ1) is 8.19. The van der Waals surface area contributed by atoms with Crippen molar-refractivity contribution in [3.63, 3.8) is 0 Å². The van der Waals surface area contributed by atoms with Crippen LogP contribution in [0, 0.1) is 0 Å². The summed E-state index contributed by atoms with van der Waals surface area (Å²) in [7, 11) is 0. The van der Waals surface area contributed by atoms with Gasteiger partial charge in [0, 0.05) is 5.02 Å². The van der Waals surface area contributed by atoms with E-state index in [2.05, 4.69) is 0 Å². The maximum atomic E-state index is 12.0. The normalized spacial score (nSPS) is 10.3. The molecule has 0 heterocycles. The third kappa shape index (κ3) is 4.60. The van der Waals surface area contributed by atoms with E-state index in [1.807, 2.05) is 13.8 Å². The third-order valence-corrected chi connectivity index (χ3v) is 3.25. The predicted molar refractivity (Wildman–Crippen MR) is 74.6 cm³/mol. The maximum absolute atomic E-state index is 12.0. The topological polar surface area (TPSA) is 26.3 Å². The lowest BCUT2D eigenvalue weighted by atomic mass is 10.1. The highest BCUT2D eigenvalue weighted by Crippen LogP contribution is 2.24. The maximum Gasteiger partial charge on any atom is 0.176 e. The Balaban J connectivity index is 2.85. The Morgan fingerprint density at radius 1 is 1.41 bits per heavy atom. The summed E-state index contributed by atoms with van der Waals surface area (Å²) in [5.74, 6) is 2.11. The van der Waals surface area contributed by atoms with Crippen molar-refractivity contribution in [2.75, 3.05) is 18.1 Å². The van der Waals surface area contributed by atoms with Gasteiger partial charge in [0.2, 0.25) is 0 Å². The summed E-state index contributed by atoms with van der Waals surface area (Å²) in [6.45, 7) is 4.68. The van der Waals surface area contributed by atoms with Gasteiger partial charge in [-0.3, -0.25) is 4.79 Å². The Hall–Kier alpha value is -0.670. The van der Waals surface area contributed by atoms with Gasteiger partial charge in [-0.25, -0.2) is 0 Å². The minimum absolute atomic E-state index is 0.0745. The van der Waals surface area contributed by atoms with Gasteiger partial charge in [-0.15, -0.1) is 0 Å². The lowest BCUT2D eigenvalue weighted by Gasteiger charge is -2.10. The van der Waals surface area contributed by atoms with Crippen LogP contribution in [0.4, 0.5) is 0 Å². The van der Waals surface area contributed by atoms with Crippen molar-refractivity contribution in [3.05, 3.63) is 28.8 Å². The van der Waals surface area contributed by atoms with Crippen molar-refractivity contribution in [1.82, 2.24) is 0 Å². The Morgan fingerprint density at radius 3 is 2.82 bits per heavy atom. The highest BCUT2D eigenvalue weighted by atomic mass is 35.5. The Labute approximate surface area is 112 Å². The largest absolute Gasteiger partial charge is 0.493 e. The molecular weight excluding hydrogens is 256 g/mol. The molecule has 0 aliphatic rings. The average molecular weight is 273 g/mol. The van der Waals surface area contributed by atoms with E-state index in [1.54, 1.807) is 30.0 Å². The molecule has 0 spiro atoms. The predicted octanol–water partition coefficient (Wildman–Crippen LogP) is 4.06. The van der Waals surface area contributed by atoms with E-state index in [4.69, 9.17) is 16.3 Å². The molecule has 0 bridgehead atoms. The molecule has 0 atom stereocenters. The minimum Gasteiger partial charge on any atom is -0.493 e. The zero-order valence-corrected chi connectivity index (χ0v) is 11.7. The smallest absolute Gasteiger partial charge is 0.176 e. The van der Waals surface area contributed by atoms with Crippen molar-refractivity contribution in [2.45, 2.75) is 20.3 Å². The number of hydrogen-bond acceptors (Lipinski definition) is 3. The fourth-order valence-electron chi connectivity index (χ4n) is 1.33. The van der Waals surface area contributed by atoms with E-state index in [0.717, 1.165) is 12.2 Å². The number of ketones is 1. The third-order valence-electron chi connectivity index (χ3n) is 2.14. The van der Waals surface area contributed by atoms with Gasteiger partial charge in [0.25, 0.3) is 0 Å². The minimum atomic E-state index is 0.0745. The summed E-state index contributed by atoms with van der Waals surface area (Å²) in [5.41, 5.74) is 0.590. The van der Waals surface area contributed by atoms with E-state index in [1.165, 1.54) is 0 Å². The van der Waals surface area contributed by atoms with E-state index in [-0.39, 0.29) is 5.78 Å². The molecule has 4 heteroatoms. The van der Waals surface area contributed by atoms with Crippen LogP contribution in [0.25, 0.3) is 0 Å². The first-order valence-electron chi connectivity index (χ1n) is 5.72. The number of Topliss-reactive ketones (excluding diaryl/α,β-unsaturated/α-hetero) is 1. The number of benzene rings is 1. The molecule has 94 valence electrons. The SMILES string of the molecule is CCCOc1ccc(Cl)cc1C(=O)CSCC. The number of ether oxygens (including phenoxy) is 1. The number of carbonyl (C=O) groups is 1. The standard InChI is InChI=1S/C13H17ClO2S/c1-3-7-16-13-6-5-10(14)8-11(13)12(15)9-17-4-2/h5-6,8H,3-4,7,9H2,1-2H3. The van der Waals surface area contributed by atoms with Crippen molar-refractivity contribution < 1.29 is 9.53 Å². The van der Waals surface area contributed by atoms with E-state index in [0.29, 0.717) is 28.7 Å². The molecule has 0 aliphatic heterocycles. The van der Waals surface area contributed by atoms with Crippen LogP contribution in [0.15, 0.2) is 18.2 Å². The van der Waals surface area contributed by atoms with Gasteiger partial charge in [-0.05, 0) is 30.4 Å². The fraction of sp³-hybridized carbons (Fsp3) is 0.462. The molecule has 0 aromatic heterocycles. The van der Waals surface area contributed by atoms with Gasteiger partial charge in [-0.1, -0.05) is 25.4 Å². The van der Waals surface area contributed by atoms with Crippen molar-refractivity contribution >= 4 is 29.1 Å². The first kappa shape index (κ1) is 14.4. The van der Waals surface area contributed by atoms with Crippen LogP contribution in [0.1, 0.15) is 30.6 Å². The number of halogens is 1. The highest BCUT2D eigenvalue weighted by molar-refractivity contribution is 7.99. The molecule has 0 amide bonds. The zero-order valence-electron chi connectivity index (χ0n) is 10.2. The molecule has 0 N–H and O–H groups in total. The molecule has 0 radical (unpaired) electrons. The molecule has 0 saturated heterocycles. The van der Waals surface area contributed by atoms with Crippen molar-refractivity contribution in [3.8, 4) is 5.75 Å². The van der Waals surface area contributed by atoms with Crippen molar-refractivity contribution in [2.24, 2.45) is 0 Å². The van der Waals surface area contributed by atoms with E-state index in [9.17, 15) is 4.79 Å². The second kappa shape index (κ2) is 7.62. The van der Waals surface area contributed by atoms with Crippen LogP contribution >= 0.6 is 23.4 Å². The average Bonchev–Trinajstić information content (AvgIpc) is 2.34. The van der Waals surface area contributed by atoms with Crippen LogP contribution in [-0.2, 0) is 0 Å². The van der Waals surface area contributed by atoms with E-state index >= 15 is 0 Å². The highest BCUT2D eigenvalue weighted by Gasteiger charge is 2.13. The van der Waals surface area contributed by atoms with Crippen LogP contribution in [-0.4, -0.2) is 23.9 Å². The summed E-state index contributed by atoms with van der Waals surface area (Å²) in [5, 5.41) is 0.568. The first-order valence-corrected chi connectivity index (χ1v) is 7.25. The van der Waals surface area contributed by atoms with Crippen LogP contribution < -0.4 is 4.74 Å². The summed E-state index contributed by atoms with van der Waals surface area (Å²) >= 11 is 7.52. The van der Waals surface area contributed by atoms with Gasteiger partial charge in [-0.2, -0.15) is 11.8 Å². The summed E-state index contributed by atoms with van der Waals surface area (Å²) < 4.78 is 5.55. The molecule has 2 nitrogen and oxygen atoms in total. The monoisotopic (exact) mass is 272 g/mol. The van der Waals surface area contributed by atoms with Crippen LogP contribution in [0.2, 0.25) is 5.02 Å². The molecule has 0 saturated carbocycles. The molecule has 1 aromatic carbocycles. The van der Waals surface area contributed by atoms with Crippen molar-refractivity contribution in [1.29, 1.82) is 0 Å². The second-order valence-corrected chi connectivity index (χ2v) is 5.26. The summed E-state index contributed by atoms with van der Waals surface area (Å²) in [6.07, 6.45) is 0.917. The van der Waals surface area contributed by atoms with Crippen LogP contribution in [0.5, 0.6) is 5.75 Å². The molecule has 0 aliphatic carbocycles. The quantitative estimate of drug-likeness (QED) is 0.700. The molecule has 0 fully saturated rings. The summed E-state index contributed by atoms with van der Waals surface area (Å²) in [4.78, 5) is 12.0. The molecule has 1 rings (SSSR count). The van der Waals surface area contributed by atoms with Gasteiger partial charge in [0.15, 0.2) is 5.78 Å². The number of rotatable bonds is 7. The van der Waals surface area contributed by atoms with Crippen LogP contribution in [0.3, 0.4) is 0 Å². The number of carbonyl (C=O) groups excluding carboxylic acids is 1. The number of thioether (sulfide) groups is 1. The lowest BCUT2D eigenvalue weighted by molar-refractivity contribution is 0.101. The molecular formula is C13H17ClO2S. The zero-order chi connectivity index (χ0) is 12.7. The Morgan fingerprint density at radius 2 is 2.18 bits per heavy atom. The Kier molecular flexibility index (Phi) is 6.45. The molecule has 17 heavy (non-hydrogen) atoms. The molecule has 0 unspecified atom stereocenters. The van der Waals surface area contributed by atoms with Gasteiger partial charge >= 0.3 is 0 Å². The summed E-state index contributed by atoms with van der Waals surface area (Å²) in [6, 6.07) is 5.20. The molecule has 1 aromatic rings. The Bertz CT molecular complexity index is 380.